The van der Waals surface area contributed by atoms with Gasteiger partial charge in [0, 0.05) is 12.3 Å². The SMILES string of the molecule is CCCOCCC(=O)Nc1cccc(CO)c1. The van der Waals surface area contributed by atoms with Gasteiger partial charge in [0.15, 0.2) is 0 Å². The van der Waals surface area contributed by atoms with E-state index in [0.717, 1.165) is 12.0 Å². The van der Waals surface area contributed by atoms with E-state index in [9.17, 15) is 4.79 Å². The summed E-state index contributed by atoms with van der Waals surface area (Å²) in [4.78, 5) is 11.5. The zero-order valence-electron chi connectivity index (χ0n) is 10.1. The largest absolute Gasteiger partial charge is 0.392 e. The van der Waals surface area contributed by atoms with Gasteiger partial charge in [0.25, 0.3) is 0 Å². The molecule has 94 valence electrons. The van der Waals surface area contributed by atoms with Crippen molar-refractivity contribution in [2.24, 2.45) is 0 Å². The van der Waals surface area contributed by atoms with E-state index in [0.29, 0.717) is 25.3 Å². The Morgan fingerprint density at radius 1 is 1.41 bits per heavy atom. The number of aliphatic hydroxyl groups excluding tert-OH is 1. The fraction of sp³-hybridized carbons (Fsp3) is 0.462. The molecule has 0 spiro atoms. The van der Waals surface area contributed by atoms with E-state index in [2.05, 4.69) is 5.32 Å². The molecule has 0 aliphatic carbocycles. The maximum atomic E-state index is 11.5. The number of anilines is 1. The standard InChI is InChI=1S/C13H19NO3/c1-2-7-17-8-6-13(16)14-12-5-3-4-11(9-12)10-15/h3-5,9,15H,2,6-8,10H2,1H3,(H,14,16). The maximum Gasteiger partial charge on any atom is 0.226 e. The van der Waals surface area contributed by atoms with Gasteiger partial charge in [-0.05, 0) is 24.1 Å². The van der Waals surface area contributed by atoms with Gasteiger partial charge < -0.3 is 15.2 Å². The van der Waals surface area contributed by atoms with Crippen molar-refractivity contribution in [2.75, 3.05) is 18.5 Å². The Morgan fingerprint density at radius 3 is 2.94 bits per heavy atom. The van der Waals surface area contributed by atoms with Gasteiger partial charge in [0.05, 0.1) is 19.6 Å². The van der Waals surface area contributed by atoms with Gasteiger partial charge >= 0.3 is 0 Å². The van der Waals surface area contributed by atoms with Crippen molar-refractivity contribution in [1.82, 2.24) is 0 Å². The summed E-state index contributed by atoms with van der Waals surface area (Å²) in [7, 11) is 0. The molecule has 4 heteroatoms. The molecule has 0 saturated heterocycles. The lowest BCUT2D eigenvalue weighted by Crippen LogP contribution is -2.14. The van der Waals surface area contributed by atoms with Gasteiger partial charge in [-0.1, -0.05) is 19.1 Å². The average Bonchev–Trinajstić information content (AvgIpc) is 2.35. The number of ether oxygens (including phenoxy) is 1. The maximum absolute atomic E-state index is 11.5. The molecule has 2 N–H and O–H groups in total. The second-order valence-electron chi connectivity index (χ2n) is 3.77. The summed E-state index contributed by atoms with van der Waals surface area (Å²) in [5, 5.41) is 11.7. The van der Waals surface area contributed by atoms with E-state index in [1.807, 2.05) is 6.92 Å². The van der Waals surface area contributed by atoms with Crippen LogP contribution in [-0.2, 0) is 16.1 Å². The number of aliphatic hydroxyl groups is 1. The second kappa shape index (κ2) is 7.81. The number of nitrogens with one attached hydrogen (secondary N) is 1. The monoisotopic (exact) mass is 237 g/mol. The van der Waals surface area contributed by atoms with Crippen molar-refractivity contribution < 1.29 is 14.6 Å². The number of carbonyl (C=O) groups is 1. The predicted octanol–water partition coefficient (Wildman–Crippen LogP) is 1.93. The molecule has 0 aliphatic rings. The van der Waals surface area contributed by atoms with Gasteiger partial charge in [0.2, 0.25) is 5.91 Å². The lowest BCUT2D eigenvalue weighted by atomic mass is 10.2. The Hall–Kier alpha value is -1.39. The molecule has 0 aliphatic heterocycles. The molecule has 4 nitrogen and oxygen atoms in total. The Kier molecular flexibility index (Phi) is 6.29. The molecule has 1 aromatic carbocycles. The van der Waals surface area contributed by atoms with Crippen LogP contribution in [0.1, 0.15) is 25.3 Å². The van der Waals surface area contributed by atoms with E-state index in [1.165, 1.54) is 0 Å². The predicted molar refractivity (Wildman–Crippen MR) is 66.7 cm³/mol. The highest BCUT2D eigenvalue weighted by molar-refractivity contribution is 5.90. The van der Waals surface area contributed by atoms with Crippen LogP contribution < -0.4 is 5.32 Å². The number of carbonyl (C=O) groups excluding carboxylic acids is 1. The normalized spacial score (nSPS) is 10.2. The van der Waals surface area contributed by atoms with Crippen LogP contribution in [0.3, 0.4) is 0 Å². The van der Waals surface area contributed by atoms with Crippen LogP contribution in [-0.4, -0.2) is 24.2 Å². The zero-order chi connectivity index (χ0) is 12.5. The van der Waals surface area contributed by atoms with E-state index < -0.39 is 0 Å². The summed E-state index contributed by atoms with van der Waals surface area (Å²) in [6, 6.07) is 7.16. The van der Waals surface area contributed by atoms with E-state index in [1.54, 1.807) is 24.3 Å². The Bertz CT molecular complexity index is 352. The molecule has 0 saturated carbocycles. The molecule has 1 amide bonds. The van der Waals surface area contributed by atoms with Crippen LogP contribution in [0.2, 0.25) is 0 Å². The molecule has 0 aromatic heterocycles. The highest BCUT2D eigenvalue weighted by atomic mass is 16.5. The first-order chi connectivity index (χ1) is 8.26. The molecule has 0 unspecified atom stereocenters. The summed E-state index contributed by atoms with van der Waals surface area (Å²) in [5.41, 5.74) is 1.49. The smallest absolute Gasteiger partial charge is 0.226 e. The van der Waals surface area contributed by atoms with Crippen molar-refractivity contribution in [3.63, 3.8) is 0 Å². The van der Waals surface area contributed by atoms with Crippen molar-refractivity contribution in [3.05, 3.63) is 29.8 Å². The summed E-state index contributed by atoms with van der Waals surface area (Å²) in [6.07, 6.45) is 1.31. The van der Waals surface area contributed by atoms with Crippen LogP contribution in [0.4, 0.5) is 5.69 Å². The Balaban J connectivity index is 2.34. The lowest BCUT2D eigenvalue weighted by Gasteiger charge is -2.06. The topological polar surface area (TPSA) is 58.6 Å². The third kappa shape index (κ3) is 5.47. The van der Waals surface area contributed by atoms with Crippen molar-refractivity contribution in [3.8, 4) is 0 Å². The van der Waals surface area contributed by atoms with E-state index >= 15 is 0 Å². The third-order valence-electron chi connectivity index (χ3n) is 2.22. The molecule has 0 heterocycles. The first-order valence-electron chi connectivity index (χ1n) is 5.83. The highest BCUT2D eigenvalue weighted by Gasteiger charge is 2.02. The number of amides is 1. The Morgan fingerprint density at radius 2 is 2.24 bits per heavy atom. The zero-order valence-corrected chi connectivity index (χ0v) is 10.1. The molecule has 1 rings (SSSR count). The summed E-state index contributed by atoms with van der Waals surface area (Å²) in [5.74, 6) is -0.0730. The van der Waals surface area contributed by atoms with E-state index in [4.69, 9.17) is 9.84 Å². The van der Waals surface area contributed by atoms with Crippen LogP contribution in [0.15, 0.2) is 24.3 Å². The van der Waals surface area contributed by atoms with Gasteiger partial charge in [-0.3, -0.25) is 4.79 Å². The molecule has 0 atom stereocenters. The number of hydrogen-bond acceptors (Lipinski definition) is 3. The van der Waals surface area contributed by atoms with E-state index in [-0.39, 0.29) is 12.5 Å². The van der Waals surface area contributed by atoms with Crippen molar-refractivity contribution >= 4 is 11.6 Å². The minimum Gasteiger partial charge on any atom is -0.392 e. The first-order valence-corrected chi connectivity index (χ1v) is 5.83. The second-order valence-corrected chi connectivity index (χ2v) is 3.77. The van der Waals surface area contributed by atoms with Gasteiger partial charge in [-0.15, -0.1) is 0 Å². The van der Waals surface area contributed by atoms with Gasteiger partial charge in [0.1, 0.15) is 0 Å². The van der Waals surface area contributed by atoms with Gasteiger partial charge in [-0.25, -0.2) is 0 Å². The minimum absolute atomic E-state index is 0.0245. The molecule has 17 heavy (non-hydrogen) atoms. The van der Waals surface area contributed by atoms with Crippen molar-refractivity contribution in [2.45, 2.75) is 26.4 Å². The number of benzene rings is 1. The molecule has 1 aromatic rings. The van der Waals surface area contributed by atoms with Crippen LogP contribution in [0.5, 0.6) is 0 Å². The molecule has 0 radical (unpaired) electrons. The summed E-state index contributed by atoms with van der Waals surface area (Å²) < 4.78 is 5.24. The fourth-order valence-corrected chi connectivity index (χ4v) is 1.38. The molecule has 0 fully saturated rings. The first kappa shape index (κ1) is 13.7. The molecular weight excluding hydrogens is 218 g/mol. The van der Waals surface area contributed by atoms with Crippen LogP contribution >= 0.6 is 0 Å². The number of rotatable bonds is 7. The fourth-order valence-electron chi connectivity index (χ4n) is 1.38. The lowest BCUT2D eigenvalue weighted by molar-refractivity contribution is -0.117. The van der Waals surface area contributed by atoms with Crippen molar-refractivity contribution in [1.29, 1.82) is 0 Å². The molecular formula is C13H19NO3. The minimum atomic E-state index is -0.0730. The highest BCUT2D eigenvalue weighted by Crippen LogP contribution is 2.10. The van der Waals surface area contributed by atoms with Crippen LogP contribution in [0.25, 0.3) is 0 Å². The van der Waals surface area contributed by atoms with Gasteiger partial charge in [-0.2, -0.15) is 0 Å². The Labute approximate surface area is 102 Å². The summed E-state index contributed by atoms with van der Waals surface area (Å²) >= 11 is 0. The third-order valence-corrected chi connectivity index (χ3v) is 2.22. The number of hydrogen-bond donors (Lipinski definition) is 2. The van der Waals surface area contributed by atoms with Crippen LogP contribution in [0, 0.1) is 0 Å². The molecule has 0 bridgehead atoms. The quantitative estimate of drug-likeness (QED) is 0.712. The average molecular weight is 237 g/mol. The summed E-state index contributed by atoms with van der Waals surface area (Å²) in [6.45, 7) is 3.14.